The summed E-state index contributed by atoms with van der Waals surface area (Å²) in [5.41, 5.74) is 27.2. The Morgan fingerprint density at radius 3 is 1.91 bits per heavy atom. The fourth-order valence-electron chi connectivity index (χ4n) is 10.3. The molecule has 2 aliphatic heterocycles. The van der Waals surface area contributed by atoms with Crippen LogP contribution in [-0.4, -0.2) is 19.2 Å². The van der Waals surface area contributed by atoms with Gasteiger partial charge in [-0.15, -0.1) is 0 Å². The van der Waals surface area contributed by atoms with Gasteiger partial charge < -0.3 is 20.3 Å². The molecule has 4 aromatic carbocycles. The average molecular weight is 697 g/mol. The molecule has 4 heterocycles. The standard InChI is InChI=1S/C46H46B2N2O3/c1-24(2)42-39(49)37-44(52-42)41(51)30-15-9-12-18-35(30)48(37)27(7)22-28-20-21-33-31(23-28)29-14-8-10-16-32(29)46(33)34-17-11-13-19-36(34)47(26(5)6)38-40(50)43(25(3)4)53-45(38)46/h8-21,23-27H,22,49-50H2,1-7H3. The van der Waals surface area contributed by atoms with Crippen molar-refractivity contribution < 1.29 is 13.6 Å². The Morgan fingerprint density at radius 2 is 1.21 bits per heavy atom. The van der Waals surface area contributed by atoms with Crippen molar-refractivity contribution in [3.8, 4) is 11.1 Å². The highest BCUT2D eigenvalue weighted by Crippen LogP contribution is 2.58. The topological polar surface area (TPSA) is 95.4 Å². The number of furan rings is 2. The lowest BCUT2D eigenvalue weighted by Gasteiger charge is -2.40. The quantitative estimate of drug-likeness (QED) is 0.173. The molecule has 0 fully saturated rings. The predicted molar refractivity (Wildman–Crippen MR) is 220 cm³/mol. The molecule has 2 unspecified atom stereocenters. The van der Waals surface area contributed by atoms with Gasteiger partial charge in [0.05, 0.1) is 11.4 Å². The molecular weight excluding hydrogens is 650 g/mol. The molecule has 2 aromatic heterocycles. The minimum Gasteiger partial charge on any atom is -0.462 e. The van der Waals surface area contributed by atoms with Gasteiger partial charge >= 0.3 is 0 Å². The van der Waals surface area contributed by atoms with Gasteiger partial charge in [-0.1, -0.05) is 162 Å². The zero-order valence-corrected chi connectivity index (χ0v) is 31.7. The first-order valence-electron chi connectivity index (χ1n) is 19.3. The van der Waals surface area contributed by atoms with E-state index in [0.717, 1.165) is 40.0 Å². The molecule has 264 valence electrons. The third-order valence-electron chi connectivity index (χ3n) is 12.4. The van der Waals surface area contributed by atoms with Crippen LogP contribution in [-0.2, 0) is 11.8 Å². The summed E-state index contributed by atoms with van der Waals surface area (Å²) in [6, 6.07) is 32.8. The van der Waals surface area contributed by atoms with E-state index in [1.54, 1.807) is 0 Å². The summed E-state index contributed by atoms with van der Waals surface area (Å²) < 4.78 is 13.4. The van der Waals surface area contributed by atoms with Crippen LogP contribution in [0.2, 0.25) is 11.6 Å². The number of fused-ring (bicyclic) bond motifs is 11. The number of nitrogen functional groups attached to an aromatic ring is 2. The van der Waals surface area contributed by atoms with Gasteiger partial charge in [-0.2, -0.15) is 0 Å². The molecule has 0 saturated heterocycles. The number of hydrogen-bond donors (Lipinski definition) is 2. The monoisotopic (exact) mass is 696 g/mol. The molecule has 2 atom stereocenters. The molecule has 0 bridgehead atoms. The Hall–Kier alpha value is -5.16. The highest BCUT2D eigenvalue weighted by Gasteiger charge is 2.56. The first-order chi connectivity index (χ1) is 25.5. The zero-order chi connectivity index (χ0) is 37.1. The van der Waals surface area contributed by atoms with Crippen LogP contribution in [0.3, 0.4) is 0 Å². The average Bonchev–Trinajstić information content (AvgIpc) is 3.77. The van der Waals surface area contributed by atoms with Gasteiger partial charge in [0.1, 0.15) is 22.7 Å². The lowest BCUT2D eigenvalue weighted by molar-refractivity contribution is 0.101. The van der Waals surface area contributed by atoms with Crippen LogP contribution in [0.1, 0.15) is 116 Å². The Morgan fingerprint density at radius 1 is 0.623 bits per heavy atom. The van der Waals surface area contributed by atoms with Crippen LogP contribution in [0.4, 0.5) is 11.4 Å². The number of rotatable bonds is 6. The summed E-state index contributed by atoms with van der Waals surface area (Å²) in [6.07, 6.45) is 0.791. The largest absolute Gasteiger partial charge is 0.462 e. The first kappa shape index (κ1) is 33.7. The van der Waals surface area contributed by atoms with Crippen LogP contribution >= 0.6 is 0 Å². The maximum Gasteiger partial charge on any atom is 0.227 e. The van der Waals surface area contributed by atoms with E-state index < -0.39 is 5.41 Å². The second kappa shape index (κ2) is 11.9. The Balaban J connectivity index is 1.22. The van der Waals surface area contributed by atoms with Crippen molar-refractivity contribution in [3.05, 3.63) is 142 Å². The Labute approximate surface area is 313 Å². The van der Waals surface area contributed by atoms with E-state index in [1.165, 1.54) is 38.8 Å². The number of anilines is 2. The van der Waals surface area contributed by atoms with Crippen LogP contribution in [0.15, 0.2) is 99.8 Å². The van der Waals surface area contributed by atoms with Gasteiger partial charge in [-0.25, -0.2) is 0 Å². The van der Waals surface area contributed by atoms with Crippen molar-refractivity contribution in [1.82, 2.24) is 0 Å². The van der Waals surface area contributed by atoms with E-state index in [4.69, 9.17) is 20.3 Å². The minimum atomic E-state index is -0.634. The van der Waals surface area contributed by atoms with Gasteiger partial charge in [0.25, 0.3) is 0 Å². The number of benzene rings is 4. The van der Waals surface area contributed by atoms with Crippen LogP contribution in [0, 0.1) is 0 Å². The number of carbonyl (C=O) groups is 1. The number of hydrogen-bond acceptors (Lipinski definition) is 5. The smallest absolute Gasteiger partial charge is 0.227 e. The predicted octanol–water partition coefficient (Wildman–Crippen LogP) is 7.77. The molecule has 5 nitrogen and oxygen atoms in total. The molecule has 53 heavy (non-hydrogen) atoms. The molecule has 7 heteroatoms. The molecule has 0 amide bonds. The van der Waals surface area contributed by atoms with E-state index in [9.17, 15) is 4.79 Å². The summed E-state index contributed by atoms with van der Waals surface area (Å²) >= 11 is 0. The molecule has 9 rings (SSSR count). The summed E-state index contributed by atoms with van der Waals surface area (Å²) in [7, 11) is 0. The van der Waals surface area contributed by atoms with Crippen molar-refractivity contribution in [1.29, 1.82) is 0 Å². The molecule has 6 aromatic rings. The van der Waals surface area contributed by atoms with Gasteiger partial charge in [0.15, 0.2) is 5.76 Å². The van der Waals surface area contributed by atoms with Crippen LogP contribution in [0.5, 0.6) is 0 Å². The van der Waals surface area contributed by atoms with Gasteiger partial charge in [-0.3, -0.25) is 4.79 Å². The Bertz CT molecular complexity index is 2470. The van der Waals surface area contributed by atoms with Crippen molar-refractivity contribution in [2.75, 3.05) is 11.5 Å². The number of ketones is 1. The molecule has 0 saturated carbocycles. The third-order valence-corrected chi connectivity index (χ3v) is 12.4. The lowest BCUT2D eigenvalue weighted by atomic mass is 9.29. The number of nitrogens with two attached hydrogens (primary N) is 2. The Kier molecular flexibility index (Phi) is 7.58. The molecule has 1 aliphatic carbocycles. The minimum absolute atomic E-state index is 0.0685. The van der Waals surface area contributed by atoms with Crippen molar-refractivity contribution in [2.24, 2.45) is 0 Å². The van der Waals surface area contributed by atoms with E-state index in [1.807, 2.05) is 18.2 Å². The number of carbonyl (C=O) groups excluding carboxylic acids is 1. The second-order valence-corrected chi connectivity index (χ2v) is 16.6. The van der Waals surface area contributed by atoms with Gasteiger partial charge in [0, 0.05) is 17.4 Å². The first-order valence-corrected chi connectivity index (χ1v) is 19.3. The molecule has 3 aliphatic rings. The van der Waals surface area contributed by atoms with Crippen LogP contribution in [0.25, 0.3) is 11.1 Å². The van der Waals surface area contributed by atoms with E-state index >= 15 is 0 Å². The third kappa shape index (κ3) is 4.49. The lowest BCUT2D eigenvalue weighted by Crippen LogP contribution is -2.57. The highest BCUT2D eigenvalue weighted by molar-refractivity contribution is 6.90. The SMILES string of the molecule is CC(C)B1c2ccccc2C2(c3ccccc3-c3cc(CC(C)B4c5ccccc5C(=O)c5oc(C(C)C)c(N)c54)ccc32)c2oc(C(C)C)c(N)c21. The molecule has 1 spiro atoms. The highest BCUT2D eigenvalue weighted by atomic mass is 16.4. The summed E-state index contributed by atoms with van der Waals surface area (Å²) in [5, 5.41) is 0. The molecule has 4 N–H and O–H groups in total. The fourth-order valence-corrected chi connectivity index (χ4v) is 10.3. The summed E-state index contributed by atoms with van der Waals surface area (Å²) in [6.45, 7) is 15.4. The maximum atomic E-state index is 13.7. The van der Waals surface area contributed by atoms with E-state index in [-0.39, 0.29) is 36.9 Å². The zero-order valence-electron chi connectivity index (χ0n) is 31.7. The van der Waals surface area contributed by atoms with Crippen molar-refractivity contribution >= 4 is 52.4 Å². The maximum absolute atomic E-state index is 13.7. The normalized spacial score (nSPS) is 17.3. The van der Waals surface area contributed by atoms with Crippen molar-refractivity contribution in [2.45, 2.75) is 83.8 Å². The second-order valence-electron chi connectivity index (χ2n) is 16.6. The fraction of sp³-hybridized carbons (Fsp3) is 0.283. The van der Waals surface area contributed by atoms with Crippen LogP contribution < -0.4 is 33.3 Å². The van der Waals surface area contributed by atoms with E-state index in [0.29, 0.717) is 28.6 Å². The van der Waals surface area contributed by atoms with Crippen molar-refractivity contribution in [3.63, 3.8) is 0 Å². The summed E-state index contributed by atoms with van der Waals surface area (Å²) in [5.74, 6) is 3.52. The molecular formula is C46H46B2N2O3. The molecule has 0 radical (unpaired) electrons. The van der Waals surface area contributed by atoms with Gasteiger partial charge in [-0.05, 0) is 50.7 Å². The summed E-state index contributed by atoms with van der Waals surface area (Å²) in [4.78, 5) is 13.7. The van der Waals surface area contributed by atoms with Gasteiger partial charge in [0.2, 0.25) is 19.2 Å². The van der Waals surface area contributed by atoms with E-state index in [2.05, 4.69) is 121 Å².